The molecule has 1 aromatic carbocycles. The number of rotatable bonds is 7. The number of anilines is 1. The van der Waals surface area contributed by atoms with Crippen molar-refractivity contribution in [2.45, 2.75) is 26.3 Å². The maximum Gasteiger partial charge on any atom is 0.321 e. The summed E-state index contributed by atoms with van der Waals surface area (Å²) in [6.07, 6.45) is 1.04. The molecule has 0 spiro atoms. The second-order valence-corrected chi connectivity index (χ2v) is 7.34. The molecule has 1 atom stereocenters. The lowest BCUT2D eigenvalue weighted by molar-refractivity contribution is -0.120. The number of urea groups is 1. The lowest BCUT2D eigenvalue weighted by Gasteiger charge is -2.26. The van der Waals surface area contributed by atoms with Crippen molar-refractivity contribution in [1.29, 1.82) is 0 Å². The van der Waals surface area contributed by atoms with E-state index in [1.807, 2.05) is 23.9 Å². The van der Waals surface area contributed by atoms with Gasteiger partial charge in [0.05, 0.1) is 0 Å². The Morgan fingerprint density at radius 2 is 1.88 bits per heavy atom. The van der Waals surface area contributed by atoms with Crippen LogP contribution in [0.15, 0.2) is 24.3 Å². The van der Waals surface area contributed by atoms with Crippen molar-refractivity contribution >= 4 is 29.4 Å². The number of carbonyl (C=O) groups excluding carboxylic acids is 2. The maximum atomic E-state index is 11.9. The first-order chi connectivity index (χ1) is 12.1. The molecule has 0 radical (unpaired) electrons. The Bertz CT molecular complexity index is 559. The van der Waals surface area contributed by atoms with E-state index in [2.05, 4.69) is 33.0 Å². The fraction of sp³-hybridized carbons (Fsp3) is 0.556. The summed E-state index contributed by atoms with van der Waals surface area (Å²) < 4.78 is 0. The summed E-state index contributed by atoms with van der Waals surface area (Å²) in [5.41, 5.74) is 2.17. The van der Waals surface area contributed by atoms with Crippen molar-refractivity contribution in [2.75, 3.05) is 43.0 Å². The van der Waals surface area contributed by atoms with E-state index in [4.69, 9.17) is 0 Å². The van der Waals surface area contributed by atoms with E-state index in [0.29, 0.717) is 6.54 Å². The molecule has 7 heteroatoms. The molecule has 1 heterocycles. The SMILES string of the molecule is CCNC(=O)NC(=O)[C@@H](C)Nc1ccc(CCN2CCSCC2)cc1. The quantitative estimate of drug-likeness (QED) is 0.689. The lowest BCUT2D eigenvalue weighted by Crippen LogP contribution is -2.45. The molecule has 138 valence electrons. The first-order valence-electron chi connectivity index (χ1n) is 8.82. The number of nitrogens with one attached hydrogen (secondary N) is 3. The Morgan fingerprint density at radius 3 is 2.52 bits per heavy atom. The van der Waals surface area contributed by atoms with Crippen LogP contribution in [0.25, 0.3) is 0 Å². The zero-order valence-electron chi connectivity index (χ0n) is 15.0. The third-order valence-electron chi connectivity index (χ3n) is 4.12. The minimum absolute atomic E-state index is 0.349. The Kier molecular flexibility index (Phi) is 8.08. The van der Waals surface area contributed by atoms with Crippen LogP contribution in [0.5, 0.6) is 0 Å². The molecule has 0 aliphatic carbocycles. The summed E-state index contributed by atoms with van der Waals surface area (Å²) >= 11 is 2.03. The number of nitrogens with zero attached hydrogens (tertiary/aromatic N) is 1. The van der Waals surface area contributed by atoms with Crippen molar-refractivity contribution in [3.05, 3.63) is 29.8 Å². The van der Waals surface area contributed by atoms with Crippen molar-refractivity contribution < 1.29 is 9.59 Å². The van der Waals surface area contributed by atoms with Gasteiger partial charge in [0.25, 0.3) is 0 Å². The molecule has 3 N–H and O–H groups in total. The van der Waals surface area contributed by atoms with Gasteiger partial charge in [0.1, 0.15) is 6.04 Å². The molecular formula is C18H28N4O2S. The molecule has 3 amide bonds. The zero-order chi connectivity index (χ0) is 18.1. The molecule has 1 aliphatic rings. The van der Waals surface area contributed by atoms with Crippen LogP contribution in [-0.4, -0.2) is 60.6 Å². The van der Waals surface area contributed by atoms with E-state index in [0.717, 1.165) is 18.7 Å². The monoisotopic (exact) mass is 364 g/mol. The van der Waals surface area contributed by atoms with E-state index in [-0.39, 0.29) is 5.91 Å². The minimum Gasteiger partial charge on any atom is -0.374 e. The molecule has 0 aromatic heterocycles. The summed E-state index contributed by atoms with van der Waals surface area (Å²) in [6, 6.07) is 7.20. The van der Waals surface area contributed by atoms with Gasteiger partial charge in [-0.3, -0.25) is 10.1 Å². The van der Waals surface area contributed by atoms with Gasteiger partial charge in [-0.15, -0.1) is 0 Å². The molecule has 1 fully saturated rings. The van der Waals surface area contributed by atoms with Crippen molar-refractivity contribution in [2.24, 2.45) is 0 Å². The highest BCUT2D eigenvalue weighted by molar-refractivity contribution is 7.99. The van der Waals surface area contributed by atoms with Crippen molar-refractivity contribution in [3.63, 3.8) is 0 Å². The molecule has 1 saturated heterocycles. The largest absolute Gasteiger partial charge is 0.374 e. The third-order valence-corrected chi connectivity index (χ3v) is 5.07. The average Bonchev–Trinajstić information content (AvgIpc) is 2.62. The van der Waals surface area contributed by atoms with E-state index in [9.17, 15) is 9.59 Å². The van der Waals surface area contributed by atoms with Crippen molar-refractivity contribution in [3.8, 4) is 0 Å². The van der Waals surface area contributed by atoms with Gasteiger partial charge >= 0.3 is 6.03 Å². The molecule has 2 rings (SSSR count). The van der Waals surface area contributed by atoms with Crippen LogP contribution in [0, 0.1) is 0 Å². The highest BCUT2D eigenvalue weighted by Crippen LogP contribution is 2.13. The molecule has 0 saturated carbocycles. The molecule has 1 aliphatic heterocycles. The van der Waals surface area contributed by atoms with Gasteiger partial charge in [-0.25, -0.2) is 4.79 Å². The predicted molar refractivity (Wildman–Crippen MR) is 104 cm³/mol. The van der Waals surface area contributed by atoms with Crippen LogP contribution in [0.4, 0.5) is 10.5 Å². The molecule has 1 aromatic rings. The highest BCUT2D eigenvalue weighted by atomic mass is 32.2. The number of hydrogen-bond acceptors (Lipinski definition) is 5. The Hall–Kier alpha value is -1.73. The Morgan fingerprint density at radius 1 is 1.20 bits per heavy atom. The van der Waals surface area contributed by atoms with E-state index in [1.165, 1.54) is 30.2 Å². The maximum absolute atomic E-state index is 11.9. The summed E-state index contributed by atoms with van der Waals surface area (Å²) in [5.74, 6) is 2.12. The van der Waals surface area contributed by atoms with Crippen LogP contribution in [-0.2, 0) is 11.2 Å². The number of imide groups is 1. The third kappa shape index (κ3) is 6.96. The van der Waals surface area contributed by atoms with Gasteiger partial charge in [0, 0.05) is 43.4 Å². The van der Waals surface area contributed by atoms with E-state index >= 15 is 0 Å². The van der Waals surface area contributed by atoms with Gasteiger partial charge in [-0.1, -0.05) is 12.1 Å². The normalized spacial score (nSPS) is 16.1. The standard InChI is InChI=1S/C18H28N4O2S/c1-3-19-18(24)21-17(23)14(2)20-16-6-4-15(5-7-16)8-9-22-10-12-25-13-11-22/h4-7,14,20H,3,8-13H2,1-2H3,(H2,19,21,23,24)/t14-/m1/s1. The lowest BCUT2D eigenvalue weighted by atomic mass is 10.1. The van der Waals surface area contributed by atoms with E-state index < -0.39 is 12.1 Å². The van der Waals surface area contributed by atoms with Gasteiger partial charge < -0.3 is 15.5 Å². The number of thioether (sulfide) groups is 1. The summed E-state index contributed by atoms with van der Waals surface area (Å²) in [5, 5.41) is 7.97. The Balaban J connectivity index is 1.76. The zero-order valence-corrected chi connectivity index (χ0v) is 15.8. The van der Waals surface area contributed by atoms with Gasteiger partial charge in [0.2, 0.25) is 5.91 Å². The van der Waals surface area contributed by atoms with Crippen LogP contribution in [0.3, 0.4) is 0 Å². The number of benzene rings is 1. The van der Waals surface area contributed by atoms with Gasteiger partial charge in [0.15, 0.2) is 0 Å². The first-order valence-corrected chi connectivity index (χ1v) is 9.98. The van der Waals surface area contributed by atoms with Crippen LogP contribution >= 0.6 is 11.8 Å². The molecular weight excluding hydrogens is 336 g/mol. The predicted octanol–water partition coefficient (Wildman–Crippen LogP) is 1.92. The van der Waals surface area contributed by atoms with Crippen LogP contribution < -0.4 is 16.0 Å². The fourth-order valence-electron chi connectivity index (χ4n) is 2.62. The number of hydrogen-bond donors (Lipinski definition) is 3. The highest BCUT2D eigenvalue weighted by Gasteiger charge is 2.15. The van der Waals surface area contributed by atoms with Gasteiger partial charge in [-0.05, 0) is 38.0 Å². The van der Waals surface area contributed by atoms with Crippen LogP contribution in [0.1, 0.15) is 19.4 Å². The molecule has 25 heavy (non-hydrogen) atoms. The summed E-state index contributed by atoms with van der Waals surface area (Å²) in [7, 11) is 0. The minimum atomic E-state index is -0.487. The average molecular weight is 365 g/mol. The second-order valence-electron chi connectivity index (χ2n) is 6.12. The second kappa shape index (κ2) is 10.3. The topological polar surface area (TPSA) is 73.5 Å². The summed E-state index contributed by atoms with van der Waals surface area (Å²) in [4.78, 5) is 25.8. The first kappa shape index (κ1) is 19.6. The fourth-order valence-corrected chi connectivity index (χ4v) is 3.60. The number of amides is 3. The molecule has 0 unspecified atom stereocenters. The van der Waals surface area contributed by atoms with Crippen molar-refractivity contribution in [1.82, 2.24) is 15.5 Å². The van der Waals surface area contributed by atoms with E-state index in [1.54, 1.807) is 13.8 Å². The smallest absolute Gasteiger partial charge is 0.321 e. The molecule has 0 bridgehead atoms. The van der Waals surface area contributed by atoms with Crippen LogP contribution in [0.2, 0.25) is 0 Å². The Labute approximate surface area is 154 Å². The molecule has 6 nitrogen and oxygen atoms in total. The van der Waals surface area contributed by atoms with Gasteiger partial charge in [-0.2, -0.15) is 11.8 Å². The number of carbonyl (C=O) groups is 2. The summed E-state index contributed by atoms with van der Waals surface area (Å²) in [6.45, 7) is 7.48.